The molecular formula is C23H37FIN5O2. The normalized spacial score (nSPS) is 18.0. The first kappa shape index (κ1) is 26.8. The van der Waals surface area contributed by atoms with Crippen molar-refractivity contribution in [1.82, 2.24) is 20.0 Å². The van der Waals surface area contributed by atoms with Crippen molar-refractivity contribution in [2.75, 3.05) is 60.0 Å². The minimum Gasteiger partial charge on any atom is -0.378 e. The van der Waals surface area contributed by atoms with Gasteiger partial charge in [-0.3, -0.25) is 4.79 Å². The van der Waals surface area contributed by atoms with E-state index in [0.29, 0.717) is 45.0 Å². The molecule has 2 saturated heterocycles. The van der Waals surface area contributed by atoms with E-state index in [1.807, 2.05) is 30.0 Å². The van der Waals surface area contributed by atoms with Gasteiger partial charge in [-0.2, -0.15) is 0 Å². The Bertz CT molecular complexity index is 763. The van der Waals surface area contributed by atoms with E-state index in [1.165, 1.54) is 6.07 Å². The van der Waals surface area contributed by atoms with Gasteiger partial charge < -0.3 is 24.8 Å². The fourth-order valence-corrected chi connectivity index (χ4v) is 4.16. The second kappa shape index (κ2) is 13.3. The summed E-state index contributed by atoms with van der Waals surface area (Å²) in [4.78, 5) is 23.7. The van der Waals surface area contributed by atoms with Crippen molar-refractivity contribution in [3.8, 4) is 0 Å². The van der Waals surface area contributed by atoms with Crippen LogP contribution in [0.4, 0.5) is 4.39 Å². The number of benzene rings is 1. The fourth-order valence-electron chi connectivity index (χ4n) is 4.16. The standard InChI is InChI=1S/C23H36FN5O2.HI/c1-4-25-23(26-16-18-5-6-21(24)20(15-18)17-27(2)3)29-9-7-19(8-10-29)22(30)28-11-13-31-14-12-28;/h5-6,15,19H,4,7-14,16-17H2,1-3H3,(H,25,26);1H. The van der Waals surface area contributed by atoms with Crippen LogP contribution in [-0.2, 0) is 22.6 Å². The zero-order valence-corrected chi connectivity index (χ0v) is 21.8. The number of nitrogens with zero attached hydrogens (tertiary/aromatic N) is 4. The van der Waals surface area contributed by atoms with E-state index < -0.39 is 0 Å². The summed E-state index contributed by atoms with van der Waals surface area (Å²) < 4.78 is 19.4. The predicted octanol–water partition coefficient (Wildman–Crippen LogP) is 2.54. The van der Waals surface area contributed by atoms with E-state index in [0.717, 1.165) is 44.0 Å². The third kappa shape index (κ3) is 7.55. The molecule has 2 aliphatic rings. The molecule has 32 heavy (non-hydrogen) atoms. The lowest BCUT2D eigenvalue weighted by Crippen LogP contribution is -2.50. The molecule has 9 heteroatoms. The molecule has 2 aliphatic heterocycles. The first-order valence-corrected chi connectivity index (χ1v) is 11.3. The van der Waals surface area contributed by atoms with E-state index in [9.17, 15) is 9.18 Å². The van der Waals surface area contributed by atoms with Crippen LogP contribution in [0.3, 0.4) is 0 Å². The Hall–Kier alpha value is -1.46. The molecule has 0 saturated carbocycles. The topological polar surface area (TPSA) is 60.4 Å². The van der Waals surface area contributed by atoms with Crippen molar-refractivity contribution >= 4 is 35.8 Å². The van der Waals surface area contributed by atoms with E-state index in [2.05, 4.69) is 17.1 Å². The number of halogens is 2. The van der Waals surface area contributed by atoms with Crippen molar-refractivity contribution in [2.45, 2.75) is 32.9 Å². The van der Waals surface area contributed by atoms with Gasteiger partial charge in [-0.1, -0.05) is 6.07 Å². The van der Waals surface area contributed by atoms with Gasteiger partial charge in [0.25, 0.3) is 0 Å². The Kier molecular flexibility index (Phi) is 11.1. The molecular weight excluding hydrogens is 524 g/mol. The van der Waals surface area contributed by atoms with Crippen LogP contribution < -0.4 is 5.32 Å². The average molecular weight is 561 g/mol. The van der Waals surface area contributed by atoms with Crippen LogP contribution in [0, 0.1) is 11.7 Å². The molecule has 0 aromatic heterocycles. The zero-order valence-electron chi connectivity index (χ0n) is 19.5. The minimum absolute atomic E-state index is 0. The van der Waals surface area contributed by atoms with Gasteiger partial charge in [0.2, 0.25) is 5.91 Å². The maximum atomic E-state index is 14.1. The largest absolute Gasteiger partial charge is 0.378 e. The maximum Gasteiger partial charge on any atom is 0.225 e. The van der Waals surface area contributed by atoms with Crippen molar-refractivity contribution in [1.29, 1.82) is 0 Å². The number of nitrogens with one attached hydrogen (secondary N) is 1. The maximum absolute atomic E-state index is 14.1. The van der Waals surface area contributed by atoms with Crippen LogP contribution in [-0.4, -0.2) is 86.6 Å². The Balaban J connectivity index is 0.00000363. The molecule has 0 radical (unpaired) electrons. The van der Waals surface area contributed by atoms with Gasteiger partial charge in [-0.25, -0.2) is 9.38 Å². The van der Waals surface area contributed by atoms with Gasteiger partial charge in [0.1, 0.15) is 5.82 Å². The zero-order chi connectivity index (χ0) is 22.2. The number of morpholine rings is 1. The Morgan fingerprint density at radius 1 is 1.19 bits per heavy atom. The molecule has 0 aliphatic carbocycles. The number of guanidine groups is 1. The Labute approximate surface area is 208 Å². The molecule has 1 aromatic carbocycles. The summed E-state index contributed by atoms with van der Waals surface area (Å²) in [7, 11) is 3.86. The van der Waals surface area contributed by atoms with Gasteiger partial charge in [-0.05, 0) is 51.6 Å². The average Bonchev–Trinajstić information content (AvgIpc) is 2.78. The molecule has 0 atom stereocenters. The lowest BCUT2D eigenvalue weighted by atomic mass is 9.95. The highest BCUT2D eigenvalue weighted by molar-refractivity contribution is 14.0. The molecule has 180 valence electrons. The SMILES string of the molecule is CCNC(=NCc1ccc(F)c(CN(C)C)c1)N1CCC(C(=O)N2CCOCC2)CC1.I. The van der Waals surface area contributed by atoms with Crippen molar-refractivity contribution < 1.29 is 13.9 Å². The van der Waals surface area contributed by atoms with Crippen LogP contribution in [0.1, 0.15) is 30.9 Å². The van der Waals surface area contributed by atoms with Gasteiger partial charge in [0, 0.05) is 50.7 Å². The summed E-state index contributed by atoms with van der Waals surface area (Å²) in [6.07, 6.45) is 1.67. The fraction of sp³-hybridized carbons (Fsp3) is 0.652. The number of hydrogen-bond acceptors (Lipinski definition) is 4. The van der Waals surface area contributed by atoms with Crippen molar-refractivity contribution in [3.05, 3.63) is 35.1 Å². The smallest absolute Gasteiger partial charge is 0.225 e. The van der Waals surface area contributed by atoms with Crippen LogP contribution >= 0.6 is 24.0 Å². The van der Waals surface area contributed by atoms with Crippen LogP contribution in [0.2, 0.25) is 0 Å². The van der Waals surface area contributed by atoms with E-state index in [4.69, 9.17) is 9.73 Å². The van der Waals surface area contributed by atoms with E-state index in [-0.39, 0.29) is 41.6 Å². The van der Waals surface area contributed by atoms with E-state index >= 15 is 0 Å². The third-order valence-corrected chi connectivity index (χ3v) is 5.81. The highest BCUT2D eigenvalue weighted by Crippen LogP contribution is 2.21. The number of carbonyl (C=O) groups is 1. The monoisotopic (exact) mass is 561 g/mol. The molecule has 7 nitrogen and oxygen atoms in total. The molecule has 1 aromatic rings. The molecule has 0 spiro atoms. The first-order chi connectivity index (χ1) is 15.0. The molecule has 2 heterocycles. The van der Waals surface area contributed by atoms with E-state index in [1.54, 1.807) is 6.07 Å². The van der Waals surface area contributed by atoms with Gasteiger partial charge >= 0.3 is 0 Å². The number of piperidine rings is 1. The summed E-state index contributed by atoms with van der Waals surface area (Å²) in [5.41, 5.74) is 1.68. The lowest BCUT2D eigenvalue weighted by Gasteiger charge is -2.36. The number of carbonyl (C=O) groups excluding carboxylic acids is 1. The summed E-state index contributed by atoms with van der Waals surface area (Å²) in [6, 6.07) is 5.23. The number of ether oxygens (including phenoxy) is 1. The predicted molar refractivity (Wildman–Crippen MR) is 136 cm³/mol. The van der Waals surface area contributed by atoms with Gasteiger partial charge in [0.15, 0.2) is 5.96 Å². The quantitative estimate of drug-likeness (QED) is 0.329. The number of amides is 1. The third-order valence-electron chi connectivity index (χ3n) is 5.81. The summed E-state index contributed by atoms with van der Waals surface area (Å²) in [6.45, 7) is 8.20. The summed E-state index contributed by atoms with van der Waals surface area (Å²) in [5.74, 6) is 1.03. The number of rotatable bonds is 6. The molecule has 0 unspecified atom stereocenters. The first-order valence-electron chi connectivity index (χ1n) is 11.3. The summed E-state index contributed by atoms with van der Waals surface area (Å²) >= 11 is 0. The van der Waals surface area contributed by atoms with Crippen molar-refractivity contribution in [2.24, 2.45) is 10.9 Å². The summed E-state index contributed by atoms with van der Waals surface area (Å²) in [5, 5.41) is 3.37. The molecule has 1 amide bonds. The number of hydrogen-bond donors (Lipinski definition) is 1. The Morgan fingerprint density at radius 3 is 2.50 bits per heavy atom. The number of likely N-dealkylation sites (tertiary alicyclic amines) is 1. The van der Waals surface area contributed by atoms with Crippen molar-refractivity contribution in [3.63, 3.8) is 0 Å². The highest BCUT2D eigenvalue weighted by Gasteiger charge is 2.30. The highest BCUT2D eigenvalue weighted by atomic mass is 127. The molecule has 2 fully saturated rings. The molecule has 1 N–H and O–H groups in total. The van der Waals surface area contributed by atoms with Gasteiger partial charge in [-0.15, -0.1) is 24.0 Å². The second-order valence-electron chi connectivity index (χ2n) is 8.53. The van der Waals surface area contributed by atoms with Gasteiger partial charge in [0.05, 0.1) is 19.8 Å². The van der Waals surface area contributed by atoms with Crippen LogP contribution in [0.25, 0.3) is 0 Å². The second-order valence-corrected chi connectivity index (χ2v) is 8.53. The Morgan fingerprint density at radius 2 is 1.88 bits per heavy atom. The number of aliphatic imine (C=N–C) groups is 1. The minimum atomic E-state index is -0.180. The lowest BCUT2D eigenvalue weighted by molar-refractivity contribution is -0.140. The van der Waals surface area contributed by atoms with Crippen LogP contribution in [0.5, 0.6) is 0 Å². The molecule has 3 rings (SSSR count). The van der Waals surface area contributed by atoms with Crippen LogP contribution in [0.15, 0.2) is 23.2 Å². The molecule has 0 bridgehead atoms.